The van der Waals surface area contributed by atoms with Crippen LogP contribution in [-0.2, 0) is 9.53 Å². The van der Waals surface area contributed by atoms with Crippen molar-refractivity contribution in [2.75, 3.05) is 6.61 Å². The van der Waals surface area contributed by atoms with E-state index in [4.69, 9.17) is 4.74 Å². The summed E-state index contributed by atoms with van der Waals surface area (Å²) in [7, 11) is 0. The molecule has 2 heteroatoms. The van der Waals surface area contributed by atoms with E-state index in [0.29, 0.717) is 13.0 Å². The molecule has 0 fully saturated rings. The van der Waals surface area contributed by atoms with Gasteiger partial charge in [0.15, 0.2) is 0 Å². The molecule has 0 aromatic carbocycles. The van der Waals surface area contributed by atoms with Crippen LogP contribution in [-0.4, -0.2) is 12.6 Å². The maximum absolute atomic E-state index is 11.4. The fourth-order valence-electron chi connectivity index (χ4n) is 2.14. The number of esters is 1. The lowest BCUT2D eigenvalue weighted by Gasteiger charge is -2.02. The number of hydrogen-bond acceptors (Lipinski definition) is 2. The van der Waals surface area contributed by atoms with Gasteiger partial charge in [0, 0.05) is 6.42 Å². The largest absolute Gasteiger partial charge is 0.461 e. The number of unbranched alkanes of at least 4 members (excludes halogenated alkanes) is 9. The first-order chi connectivity index (χ1) is 9.81. The molecular weight excluding hydrogens is 248 g/mol. The third kappa shape index (κ3) is 15.3. The Hall–Kier alpha value is -0.790. The fourth-order valence-corrected chi connectivity index (χ4v) is 2.14. The monoisotopic (exact) mass is 282 g/mol. The molecule has 0 aliphatic carbocycles. The van der Waals surface area contributed by atoms with Crippen LogP contribution in [0.25, 0.3) is 0 Å². The van der Waals surface area contributed by atoms with Crippen LogP contribution in [0.5, 0.6) is 0 Å². The minimum atomic E-state index is -0.0453. The van der Waals surface area contributed by atoms with Gasteiger partial charge in [0.1, 0.15) is 6.61 Å². The Balaban J connectivity index is 3.25. The first-order valence-electron chi connectivity index (χ1n) is 8.61. The molecule has 0 spiro atoms. The smallest absolute Gasteiger partial charge is 0.306 e. The normalized spacial score (nSPS) is 11.1. The van der Waals surface area contributed by atoms with Crippen molar-refractivity contribution in [2.24, 2.45) is 0 Å². The SMILES string of the molecule is CCCCCCC=CCOC(=O)CCCCCCCC. The highest BCUT2D eigenvalue weighted by molar-refractivity contribution is 5.69. The Bertz CT molecular complexity index is 234. The van der Waals surface area contributed by atoms with E-state index in [9.17, 15) is 4.79 Å². The summed E-state index contributed by atoms with van der Waals surface area (Å²) in [6.07, 6.45) is 18.2. The van der Waals surface area contributed by atoms with E-state index in [1.165, 1.54) is 51.4 Å². The minimum absolute atomic E-state index is 0.0453. The summed E-state index contributed by atoms with van der Waals surface area (Å²) in [5.41, 5.74) is 0. The van der Waals surface area contributed by atoms with Gasteiger partial charge in [0.2, 0.25) is 0 Å². The zero-order valence-corrected chi connectivity index (χ0v) is 13.7. The average molecular weight is 282 g/mol. The summed E-state index contributed by atoms with van der Waals surface area (Å²) in [5, 5.41) is 0. The molecule has 0 rings (SSSR count). The highest BCUT2D eigenvalue weighted by atomic mass is 16.5. The van der Waals surface area contributed by atoms with Gasteiger partial charge in [0.25, 0.3) is 0 Å². The van der Waals surface area contributed by atoms with Crippen molar-refractivity contribution < 1.29 is 9.53 Å². The lowest BCUT2D eigenvalue weighted by molar-refractivity contribution is -0.142. The molecule has 0 amide bonds. The summed E-state index contributed by atoms with van der Waals surface area (Å²) in [6.45, 7) is 4.89. The molecule has 0 saturated heterocycles. The molecule has 0 radical (unpaired) electrons. The minimum Gasteiger partial charge on any atom is -0.461 e. The Labute approximate surface area is 126 Å². The standard InChI is InChI=1S/C18H34O2/c1-3-5-7-9-11-13-15-17-20-18(19)16-14-12-10-8-6-4-2/h13,15H,3-12,14,16-17H2,1-2H3. The lowest BCUT2D eigenvalue weighted by Crippen LogP contribution is -2.03. The molecule has 0 unspecified atom stereocenters. The first-order valence-corrected chi connectivity index (χ1v) is 8.61. The van der Waals surface area contributed by atoms with Crippen molar-refractivity contribution in [1.29, 1.82) is 0 Å². The maximum atomic E-state index is 11.4. The van der Waals surface area contributed by atoms with E-state index in [0.717, 1.165) is 19.3 Å². The van der Waals surface area contributed by atoms with Crippen molar-refractivity contribution in [1.82, 2.24) is 0 Å². The molecular formula is C18H34O2. The van der Waals surface area contributed by atoms with Crippen LogP contribution in [0.15, 0.2) is 12.2 Å². The molecule has 2 nitrogen and oxygen atoms in total. The van der Waals surface area contributed by atoms with E-state index in [1.807, 2.05) is 6.08 Å². The van der Waals surface area contributed by atoms with Gasteiger partial charge in [-0.15, -0.1) is 0 Å². The summed E-state index contributed by atoms with van der Waals surface area (Å²) < 4.78 is 5.17. The quantitative estimate of drug-likeness (QED) is 0.228. The van der Waals surface area contributed by atoms with E-state index < -0.39 is 0 Å². The van der Waals surface area contributed by atoms with Gasteiger partial charge in [-0.2, -0.15) is 0 Å². The van der Waals surface area contributed by atoms with Gasteiger partial charge in [-0.25, -0.2) is 0 Å². The predicted molar refractivity (Wildman–Crippen MR) is 86.9 cm³/mol. The Morgan fingerprint density at radius 2 is 1.40 bits per heavy atom. The highest BCUT2D eigenvalue weighted by Gasteiger charge is 2.00. The van der Waals surface area contributed by atoms with Gasteiger partial charge in [-0.1, -0.05) is 77.4 Å². The van der Waals surface area contributed by atoms with Crippen LogP contribution < -0.4 is 0 Å². The summed E-state index contributed by atoms with van der Waals surface area (Å²) in [5.74, 6) is -0.0453. The van der Waals surface area contributed by atoms with Gasteiger partial charge in [-0.05, 0) is 19.3 Å². The van der Waals surface area contributed by atoms with Crippen molar-refractivity contribution >= 4 is 5.97 Å². The molecule has 0 bridgehead atoms. The molecule has 20 heavy (non-hydrogen) atoms. The van der Waals surface area contributed by atoms with E-state index in [1.54, 1.807) is 0 Å². The number of ether oxygens (including phenoxy) is 1. The molecule has 0 aromatic heterocycles. The third-order valence-corrected chi connectivity index (χ3v) is 3.47. The van der Waals surface area contributed by atoms with Gasteiger partial charge < -0.3 is 4.74 Å². The second-order valence-electron chi connectivity index (χ2n) is 5.52. The van der Waals surface area contributed by atoms with Crippen molar-refractivity contribution in [3.63, 3.8) is 0 Å². The van der Waals surface area contributed by atoms with Gasteiger partial charge >= 0.3 is 5.97 Å². The summed E-state index contributed by atoms with van der Waals surface area (Å²) in [4.78, 5) is 11.4. The zero-order valence-electron chi connectivity index (χ0n) is 13.7. The number of hydrogen-bond donors (Lipinski definition) is 0. The van der Waals surface area contributed by atoms with E-state index >= 15 is 0 Å². The third-order valence-electron chi connectivity index (χ3n) is 3.47. The van der Waals surface area contributed by atoms with Crippen LogP contribution in [0.3, 0.4) is 0 Å². The van der Waals surface area contributed by atoms with Crippen LogP contribution in [0.4, 0.5) is 0 Å². The van der Waals surface area contributed by atoms with Gasteiger partial charge in [0.05, 0.1) is 0 Å². The number of carbonyl (C=O) groups excluding carboxylic acids is 1. The van der Waals surface area contributed by atoms with Crippen LogP contribution in [0.1, 0.15) is 90.9 Å². The van der Waals surface area contributed by atoms with Crippen molar-refractivity contribution in [2.45, 2.75) is 90.9 Å². The second-order valence-corrected chi connectivity index (χ2v) is 5.52. The average Bonchev–Trinajstić information content (AvgIpc) is 2.45. The molecule has 0 heterocycles. The highest BCUT2D eigenvalue weighted by Crippen LogP contribution is 2.07. The molecule has 0 saturated carbocycles. The summed E-state index contributed by atoms with van der Waals surface area (Å²) >= 11 is 0. The Morgan fingerprint density at radius 3 is 2.10 bits per heavy atom. The first kappa shape index (κ1) is 19.2. The molecule has 0 aliphatic rings. The van der Waals surface area contributed by atoms with Crippen LogP contribution in [0.2, 0.25) is 0 Å². The fraction of sp³-hybridized carbons (Fsp3) is 0.833. The van der Waals surface area contributed by atoms with E-state index in [2.05, 4.69) is 19.9 Å². The topological polar surface area (TPSA) is 26.3 Å². The Kier molecular flexibility index (Phi) is 15.6. The van der Waals surface area contributed by atoms with Crippen LogP contribution >= 0.6 is 0 Å². The zero-order chi connectivity index (χ0) is 14.9. The molecule has 0 aliphatic heterocycles. The number of allylic oxidation sites excluding steroid dienone is 1. The maximum Gasteiger partial charge on any atom is 0.306 e. The predicted octanol–water partition coefficient (Wildman–Crippen LogP) is 5.81. The summed E-state index contributed by atoms with van der Waals surface area (Å²) in [6, 6.07) is 0. The van der Waals surface area contributed by atoms with Crippen molar-refractivity contribution in [3.05, 3.63) is 12.2 Å². The molecule has 0 atom stereocenters. The Morgan fingerprint density at radius 1 is 0.800 bits per heavy atom. The molecule has 118 valence electrons. The van der Waals surface area contributed by atoms with Crippen molar-refractivity contribution in [3.8, 4) is 0 Å². The van der Waals surface area contributed by atoms with Crippen LogP contribution in [0, 0.1) is 0 Å². The van der Waals surface area contributed by atoms with E-state index in [-0.39, 0.29) is 5.97 Å². The van der Waals surface area contributed by atoms with Gasteiger partial charge in [-0.3, -0.25) is 4.79 Å². The lowest BCUT2D eigenvalue weighted by atomic mass is 10.1. The molecule has 0 aromatic rings. The number of carbonyl (C=O) groups is 1. The second kappa shape index (κ2) is 16.3. The molecule has 0 N–H and O–H groups in total. The number of rotatable bonds is 14.